The van der Waals surface area contributed by atoms with Crippen LogP contribution in [0.3, 0.4) is 0 Å². The van der Waals surface area contributed by atoms with Gasteiger partial charge in [-0.3, -0.25) is 0 Å². The quantitative estimate of drug-likeness (QED) is 0.690. The van der Waals surface area contributed by atoms with Crippen molar-refractivity contribution in [3.63, 3.8) is 0 Å². The number of hydrogen-bond acceptors (Lipinski definition) is 2. The van der Waals surface area contributed by atoms with Crippen molar-refractivity contribution < 1.29 is 4.42 Å². The maximum atomic E-state index is 5.65. The SMILES string of the molecule is CNC1CCCc2cc(C)oc21. The molecule has 1 aliphatic carbocycles. The lowest BCUT2D eigenvalue weighted by Crippen LogP contribution is -2.20. The summed E-state index contributed by atoms with van der Waals surface area (Å²) in [4.78, 5) is 0. The molecule has 0 radical (unpaired) electrons. The van der Waals surface area contributed by atoms with Crippen molar-refractivity contribution in [1.82, 2.24) is 5.32 Å². The van der Waals surface area contributed by atoms with Gasteiger partial charge in [-0.25, -0.2) is 0 Å². The first kappa shape index (κ1) is 7.87. The highest BCUT2D eigenvalue weighted by molar-refractivity contribution is 5.26. The Labute approximate surface area is 73.0 Å². The second-order valence-electron chi connectivity index (χ2n) is 3.48. The van der Waals surface area contributed by atoms with E-state index in [9.17, 15) is 0 Å². The smallest absolute Gasteiger partial charge is 0.124 e. The van der Waals surface area contributed by atoms with Crippen molar-refractivity contribution >= 4 is 0 Å². The first-order valence-corrected chi connectivity index (χ1v) is 4.57. The van der Waals surface area contributed by atoms with Gasteiger partial charge in [-0.2, -0.15) is 0 Å². The number of hydrogen-bond donors (Lipinski definition) is 1. The van der Waals surface area contributed by atoms with Crippen LogP contribution in [-0.2, 0) is 6.42 Å². The normalized spacial score (nSPS) is 22.3. The van der Waals surface area contributed by atoms with Gasteiger partial charge in [0.2, 0.25) is 0 Å². The molecule has 0 aliphatic heterocycles. The van der Waals surface area contributed by atoms with Gasteiger partial charge in [-0.05, 0) is 44.9 Å². The molecule has 1 N–H and O–H groups in total. The third-order valence-corrected chi connectivity index (χ3v) is 2.57. The van der Waals surface area contributed by atoms with E-state index >= 15 is 0 Å². The van der Waals surface area contributed by atoms with Crippen molar-refractivity contribution in [2.45, 2.75) is 32.2 Å². The first-order chi connectivity index (χ1) is 5.81. The number of nitrogens with one attached hydrogen (secondary N) is 1. The van der Waals surface area contributed by atoms with Crippen LogP contribution in [-0.4, -0.2) is 7.05 Å². The molecule has 1 atom stereocenters. The van der Waals surface area contributed by atoms with Crippen molar-refractivity contribution in [3.05, 3.63) is 23.2 Å². The third kappa shape index (κ3) is 1.16. The van der Waals surface area contributed by atoms with Crippen molar-refractivity contribution in [3.8, 4) is 0 Å². The Morgan fingerprint density at radius 1 is 1.58 bits per heavy atom. The van der Waals surface area contributed by atoms with E-state index in [1.165, 1.54) is 30.6 Å². The molecule has 0 spiro atoms. The highest BCUT2D eigenvalue weighted by Crippen LogP contribution is 2.31. The Balaban J connectivity index is 2.36. The Morgan fingerprint density at radius 3 is 3.17 bits per heavy atom. The van der Waals surface area contributed by atoms with Crippen LogP contribution in [0.4, 0.5) is 0 Å². The molecule has 1 aromatic rings. The van der Waals surface area contributed by atoms with E-state index in [0.717, 1.165) is 5.76 Å². The summed E-state index contributed by atoms with van der Waals surface area (Å²) < 4.78 is 5.65. The monoisotopic (exact) mass is 165 g/mol. The van der Waals surface area contributed by atoms with E-state index in [-0.39, 0.29) is 0 Å². The standard InChI is InChI=1S/C10H15NO/c1-7-6-8-4-3-5-9(11-2)10(8)12-7/h6,9,11H,3-5H2,1-2H3. The molecule has 0 saturated heterocycles. The Kier molecular flexibility index (Phi) is 1.93. The molecule has 0 amide bonds. The molecule has 1 heterocycles. The molecular weight excluding hydrogens is 150 g/mol. The van der Waals surface area contributed by atoms with E-state index in [1.54, 1.807) is 0 Å². The molecule has 12 heavy (non-hydrogen) atoms. The van der Waals surface area contributed by atoms with Crippen LogP contribution in [0, 0.1) is 6.92 Å². The lowest BCUT2D eigenvalue weighted by Gasteiger charge is -2.19. The van der Waals surface area contributed by atoms with Gasteiger partial charge in [-0.15, -0.1) is 0 Å². The summed E-state index contributed by atoms with van der Waals surface area (Å²) in [5, 5.41) is 3.28. The predicted molar refractivity (Wildman–Crippen MR) is 48.2 cm³/mol. The summed E-state index contributed by atoms with van der Waals surface area (Å²) in [7, 11) is 2.00. The fourth-order valence-electron chi connectivity index (χ4n) is 1.98. The van der Waals surface area contributed by atoms with Crippen LogP contribution in [0.15, 0.2) is 10.5 Å². The van der Waals surface area contributed by atoms with Gasteiger partial charge in [0.25, 0.3) is 0 Å². The maximum Gasteiger partial charge on any atom is 0.124 e. The highest BCUT2D eigenvalue weighted by Gasteiger charge is 2.22. The molecule has 1 unspecified atom stereocenters. The summed E-state index contributed by atoms with van der Waals surface area (Å²) in [6.45, 7) is 2.02. The lowest BCUT2D eigenvalue weighted by atomic mass is 9.94. The van der Waals surface area contributed by atoms with Crippen LogP contribution in [0.2, 0.25) is 0 Å². The van der Waals surface area contributed by atoms with Crippen molar-refractivity contribution in [2.24, 2.45) is 0 Å². The summed E-state index contributed by atoms with van der Waals surface area (Å²) >= 11 is 0. The number of furan rings is 1. The Morgan fingerprint density at radius 2 is 2.42 bits per heavy atom. The van der Waals surface area contributed by atoms with Gasteiger partial charge in [0, 0.05) is 0 Å². The third-order valence-electron chi connectivity index (χ3n) is 2.57. The molecule has 0 fully saturated rings. The zero-order chi connectivity index (χ0) is 8.55. The summed E-state index contributed by atoms with van der Waals surface area (Å²) in [6, 6.07) is 2.61. The van der Waals surface area contributed by atoms with E-state index in [4.69, 9.17) is 4.42 Å². The molecule has 1 aliphatic rings. The topological polar surface area (TPSA) is 25.2 Å². The number of aryl methyl sites for hydroxylation is 2. The van der Waals surface area contributed by atoms with Crippen LogP contribution in [0.25, 0.3) is 0 Å². The van der Waals surface area contributed by atoms with Crippen LogP contribution in [0.5, 0.6) is 0 Å². The second-order valence-corrected chi connectivity index (χ2v) is 3.48. The summed E-state index contributed by atoms with van der Waals surface area (Å²) in [5.74, 6) is 2.21. The van der Waals surface area contributed by atoms with Crippen LogP contribution < -0.4 is 5.32 Å². The maximum absolute atomic E-state index is 5.65. The summed E-state index contributed by atoms with van der Waals surface area (Å²) in [5.41, 5.74) is 1.40. The fourth-order valence-corrected chi connectivity index (χ4v) is 1.98. The molecule has 1 aromatic heterocycles. The van der Waals surface area contributed by atoms with Gasteiger partial charge in [0.05, 0.1) is 6.04 Å². The van der Waals surface area contributed by atoms with Gasteiger partial charge < -0.3 is 9.73 Å². The van der Waals surface area contributed by atoms with Crippen LogP contribution >= 0.6 is 0 Å². The Hall–Kier alpha value is -0.760. The van der Waals surface area contributed by atoms with Crippen molar-refractivity contribution in [2.75, 3.05) is 7.05 Å². The minimum absolute atomic E-state index is 0.447. The molecule has 0 bridgehead atoms. The largest absolute Gasteiger partial charge is 0.464 e. The predicted octanol–water partition coefficient (Wildman–Crippen LogP) is 2.18. The molecule has 0 aromatic carbocycles. The average Bonchev–Trinajstić information content (AvgIpc) is 2.44. The number of fused-ring (bicyclic) bond motifs is 1. The minimum atomic E-state index is 0.447. The zero-order valence-electron chi connectivity index (χ0n) is 7.68. The van der Waals surface area contributed by atoms with Gasteiger partial charge in [0.15, 0.2) is 0 Å². The van der Waals surface area contributed by atoms with Crippen molar-refractivity contribution in [1.29, 1.82) is 0 Å². The molecule has 2 nitrogen and oxygen atoms in total. The van der Waals surface area contributed by atoms with Crippen LogP contribution in [0.1, 0.15) is 36.0 Å². The molecule has 0 saturated carbocycles. The molecule has 2 heteroatoms. The molecule has 2 rings (SSSR count). The van der Waals surface area contributed by atoms with Gasteiger partial charge >= 0.3 is 0 Å². The van der Waals surface area contributed by atoms with Gasteiger partial charge in [0.1, 0.15) is 11.5 Å². The van der Waals surface area contributed by atoms with E-state index in [2.05, 4.69) is 11.4 Å². The zero-order valence-corrected chi connectivity index (χ0v) is 7.68. The minimum Gasteiger partial charge on any atom is -0.464 e. The second kappa shape index (κ2) is 2.94. The average molecular weight is 165 g/mol. The van der Waals surface area contributed by atoms with E-state index in [1.807, 2.05) is 14.0 Å². The Bertz CT molecular complexity index is 277. The number of rotatable bonds is 1. The molecule has 66 valence electrons. The lowest BCUT2D eigenvalue weighted by molar-refractivity contribution is 0.376. The summed E-state index contributed by atoms with van der Waals surface area (Å²) in [6.07, 6.45) is 3.67. The first-order valence-electron chi connectivity index (χ1n) is 4.57. The van der Waals surface area contributed by atoms with E-state index in [0.29, 0.717) is 6.04 Å². The van der Waals surface area contributed by atoms with E-state index < -0.39 is 0 Å². The molecular formula is C10H15NO. The fraction of sp³-hybridized carbons (Fsp3) is 0.600. The van der Waals surface area contributed by atoms with Gasteiger partial charge in [-0.1, -0.05) is 0 Å². The highest BCUT2D eigenvalue weighted by atomic mass is 16.3.